The first-order chi connectivity index (χ1) is 13.1. The van der Waals surface area contributed by atoms with Crippen LogP contribution >= 0.6 is 23.8 Å². The summed E-state index contributed by atoms with van der Waals surface area (Å²) >= 11 is 11.1. The molecule has 2 N–H and O–H groups in total. The average molecular weight is 405 g/mol. The van der Waals surface area contributed by atoms with Gasteiger partial charge in [0.05, 0.1) is 12.8 Å². The topological polar surface area (TPSA) is 84.7 Å². The fourth-order valence-corrected chi connectivity index (χ4v) is 2.55. The van der Waals surface area contributed by atoms with E-state index in [4.69, 9.17) is 33.3 Å². The smallest absolute Gasteiger partial charge is 0.216 e. The van der Waals surface area contributed by atoms with Crippen molar-refractivity contribution in [2.75, 3.05) is 6.61 Å². The molecule has 3 rings (SSSR count). The lowest BCUT2D eigenvalue weighted by molar-refractivity contribution is 0.290. The van der Waals surface area contributed by atoms with Crippen LogP contribution in [0.4, 0.5) is 0 Å². The summed E-state index contributed by atoms with van der Waals surface area (Å²) in [5, 5.41) is 21.6. The van der Waals surface area contributed by atoms with Gasteiger partial charge in [0.2, 0.25) is 4.77 Å². The summed E-state index contributed by atoms with van der Waals surface area (Å²) < 4.78 is 12.9. The van der Waals surface area contributed by atoms with Gasteiger partial charge in [-0.1, -0.05) is 11.6 Å². The summed E-state index contributed by atoms with van der Waals surface area (Å²) in [6.45, 7) is 2.47. The van der Waals surface area contributed by atoms with E-state index in [1.54, 1.807) is 48.7 Å². The Morgan fingerprint density at radius 3 is 2.78 bits per heavy atom. The Bertz CT molecular complexity index is 999. The summed E-state index contributed by atoms with van der Waals surface area (Å²) in [7, 11) is 0. The number of aromatic nitrogens is 3. The molecule has 0 saturated carbocycles. The van der Waals surface area contributed by atoms with E-state index in [2.05, 4.69) is 15.3 Å². The number of hydrogen-bond donors (Lipinski definition) is 2. The van der Waals surface area contributed by atoms with Gasteiger partial charge in [0.1, 0.15) is 12.4 Å². The molecule has 0 amide bonds. The van der Waals surface area contributed by atoms with Crippen LogP contribution in [0, 0.1) is 4.77 Å². The molecule has 2 aromatic carbocycles. The molecule has 0 atom stereocenters. The lowest BCUT2D eigenvalue weighted by Crippen LogP contribution is -2.04. The molecule has 0 aliphatic heterocycles. The Kier molecular flexibility index (Phi) is 6.10. The van der Waals surface area contributed by atoms with Crippen LogP contribution in [-0.4, -0.2) is 32.8 Å². The Balaban J connectivity index is 1.76. The first-order valence-electron chi connectivity index (χ1n) is 8.11. The fourth-order valence-electron chi connectivity index (χ4n) is 2.22. The molecule has 0 spiro atoms. The standard InChI is InChI=1S/C18H17ClN4O3S/c1-2-25-16-9-12(3-8-15(16)24)10-20-23-17(21-22-18(23)27)11-26-14-6-4-13(19)5-7-14/h3-10,24H,2,11H2,1H3,(H,22,27)/b20-10+. The van der Waals surface area contributed by atoms with Gasteiger partial charge in [-0.2, -0.15) is 14.9 Å². The second kappa shape index (κ2) is 8.70. The van der Waals surface area contributed by atoms with Crippen molar-refractivity contribution in [3.63, 3.8) is 0 Å². The number of nitrogens with zero attached hydrogens (tertiary/aromatic N) is 3. The lowest BCUT2D eigenvalue weighted by Gasteiger charge is -2.07. The van der Waals surface area contributed by atoms with Gasteiger partial charge in [0, 0.05) is 5.02 Å². The molecule has 3 aromatic rings. The molecule has 0 unspecified atom stereocenters. The number of nitrogens with one attached hydrogen (secondary N) is 1. The monoisotopic (exact) mass is 404 g/mol. The van der Waals surface area contributed by atoms with E-state index >= 15 is 0 Å². The second-order valence-electron chi connectivity index (χ2n) is 5.40. The quantitative estimate of drug-likeness (QED) is 0.456. The number of rotatable bonds is 7. The molecule has 0 bridgehead atoms. The molecular weight excluding hydrogens is 388 g/mol. The zero-order valence-electron chi connectivity index (χ0n) is 14.4. The first-order valence-corrected chi connectivity index (χ1v) is 8.90. The summed E-state index contributed by atoms with van der Waals surface area (Å²) in [5.74, 6) is 1.63. The van der Waals surface area contributed by atoms with Gasteiger partial charge >= 0.3 is 0 Å². The normalized spacial score (nSPS) is 11.0. The maximum absolute atomic E-state index is 9.77. The lowest BCUT2D eigenvalue weighted by atomic mass is 10.2. The van der Waals surface area contributed by atoms with E-state index < -0.39 is 0 Å². The minimum absolute atomic E-state index is 0.0750. The predicted octanol–water partition coefficient (Wildman–Crippen LogP) is 4.16. The van der Waals surface area contributed by atoms with Crippen molar-refractivity contribution >= 4 is 30.0 Å². The van der Waals surface area contributed by atoms with Gasteiger partial charge in [-0.15, -0.1) is 0 Å². The Hall–Kier alpha value is -2.84. The molecular formula is C18H17ClN4O3S. The van der Waals surface area contributed by atoms with E-state index in [9.17, 15) is 5.11 Å². The fraction of sp³-hybridized carbons (Fsp3) is 0.167. The van der Waals surface area contributed by atoms with Crippen molar-refractivity contribution in [1.29, 1.82) is 0 Å². The molecule has 1 aromatic heterocycles. The number of halogens is 1. The number of phenols is 1. The van der Waals surface area contributed by atoms with E-state index in [-0.39, 0.29) is 12.4 Å². The van der Waals surface area contributed by atoms with E-state index in [0.717, 1.165) is 5.56 Å². The Labute approximate surface area is 165 Å². The van der Waals surface area contributed by atoms with Crippen molar-refractivity contribution in [3.8, 4) is 17.2 Å². The van der Waals surface area contributed by atoms with E-state index in [1.165, 1.54) is 4.68 Å². The third kappa shape index (κ3) is 4.87. The predicted molar refractivity (Wildman–Crippen MR) is 105 cm³/mol. The molecule has 0 aliphatic rings. The van der Waals surface area contributed by atoms with Gasteiger partial charge in [-0.25, -0.2) is 5.10 Å². The molecule has 0 radical (unpaired) electrons. The zero-order chi connectivity index (χ0) is 19.2. The number of hydrogen-bond acceptors (Lipinski definition) is 6. The molecule has 0 saturated heterocycles. The van der Waals surface area contributed by atoms with Gasteiger partial charge in [-0.05, 0) is 67.2 Å². The number of ether oxygens (including phenoxy) is 2. The highest BCUT2D eigenvalue weighted by Gasteiger charge is 2.07. The molecule has 1 heterocycles. The highest BCUT2D eigenvalue weighted by atomic mass is 35.5. The highest BCUT2D eigenvalue weighted by Crippen LogP contribution is 2.26. The number of aromatic amines is 1. The molecule has 27 heavy (non-hydrogen) atoms. The second-order valence-corrected chi connectivity index (χ2v) is 6.23. The van der Waals surface area contributed by atoms with Gasteiger partial charge in [0.25, 0.3) is 0 Å². The minimum Gasteiger partial charge on any atom is -0.504 e. The van der Waals surface area contributed by atoms with Gasteiger partial charge in [0.15, 0.2) is 17.3 Å². The highest BCUT2D eigenvalue weighted by molar-refractivity contribution is 7.71. The molecule has 0 fully saturated rings. The van der Waals surface area contributed by atoms with Crippen LogP contribution in [0.5, 0.6) is 17.2 Å². The van der Waals surface area contributed by atoms with Gasteiger partial charge in [-0.3, -0.25) is 0 Å². The van der Waals surface area contributed by atoms with Crippen LogP contribution in [0.15, 0.2) is 47.6 Å². The summed E-state index contributed by atoms with van der Waals surface area (Å²) in [6, 6.07) is 12.0. The number of H-pyrrole nitrogens is 1. The van der Waals surface area contributed by atoms with Crippen molar-refractivity contribution in [2.24, 2.45) is 5.10 Å². The summed E-state index contributed by atoms with van der Waals surface area (Å²) in [5.41, 5.74) is 0.740. The van der Waals surface area contributed by atoms with Crippen molar-refractivity contribution in [3.05, 3.63) is 63.6 Å². The zero-order valence-corrected chi connectivity index (χ0v) is 16.0. The largest absolute Gasteiger partial charge is 0.504 e. The Morgan fingerprint density at radius 2 is 2.04 bits per heavy atom. The first kappa shape index (κ1) is 18.9. The van der Waals surface area contributed by atoms with Crippen LogP contribution in [0.3, 0.4) is 0 Å². The van der Waals surface area contributed by atoms with E-state index in [0.29, 0.717) is 33.7 Å². The Morgan fingerprint density at radius 1 is 1.26 bits per heavy atom. The average Bonchev–Trinajstić information content (AvgIpc) is 3.02. The van der Waals surface area contributed by atoms with Crippen LogP contribution < -0.4 is 9.47 Å². The SMILES string of the molecule is CCOc1cc(/C=N/n2c(COc3ccc(Cl)cc3)n[nH]c2=S)ccc1O. The molecule has 9 heteroatoms. The van der Waals surface area contributed by atoms with Crippen LogP contribution in [0.25, 0.3) is 0 Å². The van der Waals surface area contributed by atoms with Crippen molar-refractivity contribution < 1.29 is 14.6 Å². The maximum atomic E-state index is 9.77. The minimum atomic E-state index is 0.0750. The number of benzene rings is 2. The van der Waals surface area contributed by atoms with Crippen LogP contribution in [0.1, 0.15) is 18.3 Å². The third-order valence-corrected chi connectivity index (χ3v) is 4.02. The number of aromatic hydroxyl groups is 1. The summed E-state index contributed by atoms with van der Waals surface area (Å²) in [4.78, 5) is 0. The van der Waals surface area contributed by atoms with Crippen molar-refractivity contribution in [1.82, 2.24) is 14.9 Å². The molecule has 0 aliphatic carbocycles. The maximum Gasteiger partial charge on any atom is 0.216 e. The van der Waals surface area contributed by atoms with Crippen molar-refractivity contribution in [2.45, 2.75) is 13.5 Å². The molecule has 7 nitrogen and oxygen atoms in total. The van der Waals surface area contributed by atoms with Gasteiger partial charge < -0.3 is 14.6 Å². The van der Waals surface area contributed by atoms with Crippen LogP contribution in [0.2, 0.25) is 5.02 Å². The molecule has 140 valence electrons. The number of phenolic OH excluding ortho intramolecular Hbond substituents is 1. The van der Waals surface area contributed by atoms with Crippen LogP contribution in [-0.2, 0) is 6.61 Å². The van der Waals surface area contributed by atoms with E-state index in [1.807, 2.05) is 6.92 Å². The third-order valence-electron chi connectivity index (χ3n) is 3.51. The summed E-state index contributed by atoms with van der Waals surface area (Å²) in [6.07, 6.45) is 1.60.